The highest BCUT2D eigenvalue weighted by molar-refractivity contribution is 6.23. The lowest BCUT2D eigenvalue weighted by Gasteiger charge is -2.65. The van der Waals surface area contributed by atoms with Crippen LogP contribution in [0.1, 0.15) is 101 Å². The molecule has 1 saturated carbocycles. The van der Waals surface area contributed by atoms with E-state index in [1.807, 2.05) is 35.2 Å². The highest BCUT2D eigenvalue weighted by Crippen LogP contribution is 2.59. The molecule has 0 radical (unpaired) electrons. The average molecular weight is 797 g/mol. The van der Waals surface area contributed by atoms with Crippen LogP contribution in [0.15, 0.2) is 54.6 Å². The molecule has 0 spiro atoms. The van der Waals surface area contributed by atoms with Gasteiger partial charge in [0, 0.05) is 77.8 Å². The van der Waals surface area contributed by atoms with Crippen LogP contribution in [0.3, 0.4) is 0 Å². The Balaban J connectivity index is 0.777. The Hall–Kier alpha value is -6.05. The summed E-state index contributed by atoms with van der Waals surface area (Å²) in [4.78, 5) is 71.9. The van der Waals surface area contributed by atoms with Gasteiger partial charge in [-0.25, -0.2) is 4.39 Å². The Morgan fingerprint density at radius 1 is 0.831 bits per heavy atom. The van der Waals surface area contributed by atoms with Crippen LogP contribution >= 0.6 is 0 Å². The van der Waals surface area contributed by atoms with Crippen molar-refractivity contribution in [2.75, 3.05) is 31.1 Å². The summed E-state index contributed by atoms with van der Waals surface area (Å²) in [5.74, 6) is 4.88. The van der Waals surface area contributed by atoms with E-state index in [9.17, 15) is 28.4 Å². The number of anilines is 1. The molecule has 1 unspecified atom stereocenters. The minimum atomic E-state index is -0.984. The second-order valence-corrected chi connectivity index (χ2v) is 17.9. The lowest BCUT2D eigenvalue weighted by molar-refractivity contribution is -0.199. The molecule has 59 heavy (non-hydrogen) atoms. The van der Waals surface area contributed by atoms with Gasteiger partial charge in [-0.3, -0.25) is 39.1 Å². The van der Waals surface area contributed by atoms with Crippen molar-refractivity contribution in [3.05, 3.63) is 93.8 Å². The van der Waals surface area contributed by atoms with Gasteiger partial charge in [0.25, 0.3) is 17.7 Å². The maximum absolute atomic E-state index is 14.4. The molecule has 0 aromatic heterocycles. The largest absolute Gasteiger partial charge is 0.489 e. The fourth-order valence-electron chi connectivity index (χ4n) is 10.8. The fourth-order valence-corrected chi connectivity index (χ4v) is 10.8. The van der Waals surface area contributed by atoms with Crippen molar-refractivity contribution in [2.45, 2.75) is 84.2 Å². The smallest absolute Gasteiger partial charge is 0.262 e. The molecule has 3 aromatic rings. The normalized spacial score (nSPS) is 25.1. The number of carbonyl (C=O) groups excluding carboxylic acids is 5. The van der Waals surface area contributed by atoms with E-state index in [2.05, 4.69) is 54.7 Å². The molecule has 4 fully saturated rings. The zero-order valence-corrected chi connectivity index (χ0v) is 33.5. The van der Waals surface area contributed by atoms with Crippen molar-refractivity contribution in [1.29, 1.82) is 5.26 Å². The number of likely N-dealkylation sites (tertiary alicyclic amines) is 1. The average Bonchev–Trinajstić information content (AvgIpc) is 3.62. The summed E-state index contributed by atoms with van der Waals surface area (Å²) in [6, 6.07) is 16.5. The lowest BCUT2D eigenvalue weighted by atomic mass is 9.49. The van der Waals surface area contributed by atoms with Crippen LogP contribution < -0.4 is 15.0 Å². The zero-order chi connectivity index (χ0) is 41.5. The molecule has 13 heteroatoms. The van der Waals surface area contributed by atoms with E-state index in [0.29, 0.717) is 29.5 Å². The van der Waals surface area contributed by atoms with Crippen LogP contribution in [-0.4, -0.2) is 94.6 Å². The molecular weight excluding hydrogens is 752 g/mol. The molecule has 5 aliphatic heterocycles. The van der Waals surface area contributed by atoms with E-state index in [-0.39, 0.29) is 47.9 Å². The van der Waals surface area contributed by atoms with Gasteiger partial charge in [-0.2, -0.15) is 5.26 Å². The van der Waals surface area contributed by atoms with E-state index >= 15 is 0 Å². The number of carbonyl (C=O) groups is 5. The minimum absolute atomic E-state index is 0.00773. The number of halogens is 1. The Kier molecular flexibility index (Phi) is 9.16. The van der Waals surface area contributed by atoms with E-state index < -0.39 is 46.3 Å². The van der Waals surface area contributed by atoms with Crippen molar-refractivity contribution in [2.24, 2.45) is 16.7 Å². The molecular formula is C46H45FN6O6. The van der Waals surface area contributed by atoms with Crippen LogP contribution in [0.4, 0.5) is 10.1 Å². The van der Waals surface area contributed by atoms with Gasteiger partial charge in [-0.05, 0) is 86.4 Å². The Bertz CT molecular complexity index is 2430. The standard InChI is InChI=1S/C46H45FN6O6/c1-45(2)43(46(3,4)44(45)59-32-10-8-28(22-48)36(47)21-32)52-23-29-19-27(7-11-33(29)40(52)56)6-5-26-15-17-50(18-16-26)31-24-51(25-31)30-9-12-34-35(20-30)42(58)53(41(34)57)37-13-14-38(54)49-39(37)55/h7-12,19-21,26,31,37,43-44H,13-18,23-25H2,1-4H3,(H,49,54,55)/t37?,43-,44-. The lowest BCUT2D eigenvalue weighted by Crippen LogP contribution is -2.74. The highest BCUT2D eigenvalue weighted by atomic mass is 19.1. The maximum atomic E-state index is 14.4. The summed E-state index contributed by atoms with van der Waals surface area (Å²) in [5, 5.41) is 11.3. The second-order valence-electron chi connectivity index (χ2n) is 17.9. The molecule has 5 heterocycles. The predicted molar refractivity (Wildman–Crippen MR) is 213 cm³/mol. The summed E-state index contributed by atoms with van der Waals surface area (Å²) >= 11 is 0. The van der Waals surface area contributed by atoms with E-state index in [0.717, 1.165) is 60.7 Å². The first kappa shape index (κ1) is 38.5. The Labute approximate surface area is 342 Å². The zero-order valence-electron chi connectivity index (χ0n) is 33.5. The third-order valence-corrected chi connectivity index (χ3v) is 13.4. The topological polar surface area (TPSA) is 143 Å². The molecule has 1 aliphatic carbocycles. The molecule has 3 saturated heterocycles. The van der Waals surface area contributed by atoms with Gasteiger partial charge >= 0.3 is 0 Å². The summed E-state index contributed by atoms with van der Waals surface area (Å²) in [6.45, 7) is 12.3. The van der Waals surface area contributed by atoms with E-state index in [4.69, 9.17) is 10.00 Å². The monoisotopic (exact) mass is 796 g/mol. The number of fused-ring (bicyclic) bond motifs is 2. The summed E-state index contributed by atoms with van der Waals surface area (Å²) in [7, 11) is 0. The molecule has 1 atom stereocenters. The molecule has 1 N–H and O–H groups in total. The number of ether oxygens (including phenoxy) is 1. The van der Waals surface area contributed by atoms with Gasteiger partial charge < -0.3 is 14.5 Å². The van der Waals surface area contributed by atoms with Crippen LogP contribution in [0.25, 0.3) is 0 Å². The molecule has 3 aromatic carbocycles. The van der Waals surface area contributed by atoms with Gasteiger partial charge in [0.05, 0.1) is 16.7 Å². The number of imide groups is 2. The van der Waals surface area contributed by atoms with Crippen LogP contribution in [0.5, 0.6) is 5.75 Å². The van der Waals surface area contributed by atoms with Gasteiger partial charge in [0.1, 0.15) is 29.8 Å². The summed E-state index contributed by atoms with van der Waals surface area (Å²) < 4.78 is 20.7. The number of nitrogens with one attached hydrogen (secondary N) is 1. The van der Waals surface area contributed by atoms with Crippen LogP contribution in [-0.2, 0) is 16.1 Å². The van der Waals surface area contributed by atoms with Crippen molar-refractivity contribution in [3.8, 4) is 23.7 Å². The molecule has 9 rings (SSSR count). The third kappa shape index (κ3) is 6.34. The van der Waals surface area contributed by atoms with Crippen molar-refractivity contribution in [1.82, 2.24) is 20.0 Å². The first-order valence-corrected chi connectivity index (χ1v) is 20.3. The fraction of sp³-hybridized carbons (Fsp3) is 0.435. The number of benzene rings is 3. The number of hydrogen-bond donors (Lipinski definition) is 1. The van der Waals surface area contributed by atoms with Crippen molar-refractivity contribution >= 4 is 35.2 Å². The van der Waals surface area contributed by atoms with E-state index in [1.165, 1.54) is 12.1 Å². The van der Waals surface area contributed by atoms with Gasteiger partial charge in [-0.15, -0.1) is 0 Å². The van der Waals surface area contributed by atoms with Gasteiger partial charge in [0.15, 0.2) is 0 Å². The van der Waals surface area contributed by atoms with Gasteiger partial charge in [-0.1, -0.05) is 39.5 Å². The number of nitriles is 1. The highest BCUT2D eigenvalue weighted by Gasteiger charge is 2.67. The second kappa shape index (κ2) is 14.1. The summed E-state index contributed by atoms with van der Waals surface area (Å²) in [6.07, 6.45) is 1.83. The molecule has 5 amide bonds. The van der Waals surface area contributed by atoms with Crippen molar-refractivity contribution in [3.63, 3.8) is 0 Å². The first-order chi connectivity index (χ1) is 28.1. The maximum Gasteiger partial charge on any atom is 0.262 e. The first-order valence-electron chi connectivity index (χ1n) is 20.3. The third-order valence-electron chi connectivity index (χ3n) is 13.4. The number of piperidine rings is 2. The molecule has 12 nitrogen and oxygen atoms in total. The van der Waals surface area contributed by atoms with Crippen LogP contribution in [0, 0.1) is 45.7 Å². The van der Waals surface area contributed by atoms with E-state index in [1.54, 1.807) is 18.2 Å². The SMILES string of the molecule is CC1(C)[C@H](Oc2ccc(C#N)c(F)c2)C(C)(C)[C@H]1N1Cc2cc(C#CC3CCN(C4CN(c5ccc6c(c5)C(=O)N(C5CCC(=O)NC5=O)C6=O)C4)CC3)ccc2C1=O. The predicted octanol–water partition coefficient (Wildman–Crippen LogP) is 4.89. The van der Waals surface area contributed by atoms with Crippen LogP contribution in [0.2, 0.25) is 0 Å². The number of hydrogen-bond acceptors (Lipinski definition) is 9. The Morgan fingerprint density at radius 2 is 1.54 bits per heavy atom. The molecule has 0 bridgehead atoms. The molecule has 6 aliphatic rings. The summed E-state index contributed by atoms with van der Waals surface area (Å²) in [5.41, 5.74) is 3.10. The van der Waals surface area contributed by atoms with Crippen molar-refractivity contribution < 1.29 is 33.1 Å². The number of amides is 5. The number of rotatable bonds is 6. The minimum Gasteiger partial charge on any atom is -0.489 e. The Morgan fingerprint density at radius 3 is 2.24 bits per heavy atom. The number of nitrogens with zero attached hydrogens (tertiary/aromatic N) is 5. The quantitative estimate of drug-likeness (QED) is 0.273. The van der Waals surface area contributed by atoms with Gasteiger partial charge in [0.2, 0.25) is 11.8 Å². The molecule has 302 valence electrons.